The van der Waals surface area contributed by atoms with Crippen LogP contribution in [0.3, 0.4) is 0 Å². The van der Waals surface area contributed by atoms with Crippen molar-refractivity contribution in [2.75, 3.05) is 0 Å². The molecular weight excluding hydrogens is 224 g/mol. The zero-order valence-corrected chi connectivity index (χ0v) is 8.89. The molecule has 0 N–H and O–H groups in total. The van der Waals surface area contributed by atoms with Crippen molar-refractivity contribution in [1.82, 2.24) is 0 Å². The number of furan rings is 1. The predicted molar refractivity (Wildman–Crippen MR) is 54.0 cm³/mol. The van der Waals surface area contributed by atoms with Crippen molar-refractivity contribution < 1.29 is 12.8 Å². The van der Waals surface area contributed by atoms with Gasteiger partial charge in [-0.2, -0.15) is 0 Å². The van der Waals surface area contributed by atoms with Crippen LogP contribution in [0.4, 0.5) is 0 Å². The third-order valence-corrected chi connectivity index (χ3v) is 3.37. The molecule has 0 saturated heterocycles. The number of fused-ring (bicyclic) bond motifs is 1. The van der Waals surface area contributed by atoms with E-state index in [1.54, 1.807) is 12.1 Å². The molecule has 5 heteroatoms. The lowest BCUT2D eigenvalue weighted by molar-refractivity contribution is 0.592. The molecular formula is C9H7ClO3S. The molecule has 2 rings (SSSR count). The number of para-hydroxylation sites is 1. The van der Waals surface area contributed by atoms with Crippen LogP contribution in [0.25, 0.3) is 11.0 Å². The summed E-state index contributed by atoms with van der Waals surface area (Å²) in [7, 11) is 1.52. The molecule has 1 heterocycles. The summed E-state index contributed by atoms with van der Waals surface area (Å²) in [5, 5.41) is 0.770. The molecule has 0 fully saturated rings. The summed E-state index contributed by atoms with van der Waals surface area (Å²) in [4.78, 5) is 0.0183. The molecule has 0 aliphatic rings. The van der Waals surface area contributed by atoms with E-state index in [-0.39, 0.29) is 4.90 Å². The summed E-state index contributed by atoms with van der Waals surface area (Å²) in [5.74, 6) is 0. The highest BCUT2D eigenvalue weighted by molar-refractivity contribution is 8.13. The van der Waals surface area contributed by atoms with Crippen LogP contribution in [0.1, 0.15) is 5.56 Å². The minimum Gasteiger partial charge on any atom is -0.463 e. The lowest BCUT2D eigenvalue weighted by Gasteiger charge is -1.96. The van der Waals surface area contributed by atoms with Gasteiger partial charge in [-0.3, -0.25) is 0 Å². The predicted octanol–water partition coefficient (Wildman–Crippen LogP) is 2.67. The van der Waals surface area contributed by atoms with E-state index in [4.69, 9.17) is 15.1 Å². The minimum atomic E-state index is -3.74. The molecule has 2 aromatic rings. The summed E-state index contributed by atoms with van der Waals surface area (Å²) in [6.07, 6.45) is 1.51. The van der Waals surface area contributed by atoms with Crippen LogP contribution in [0.2, 0.25) is 0 Å². The Balaban J connectivity index is 2.92. The van der Waals surface area contributed by atoms with Crippen LogP contribution < -0.4 is 0 Å². The van der Waals surface area contributed by atoms with Crippen molar-refractivity contribution >= 4 is 30.7 Å². The summed E-state index contributed by atoms with van der Waals surface area (Å²) in [6, 6.07) is 4.85. The van der Waals surface area contributed by atoms with Crippen molar-refractivity contribution in [2.24, 2.45) is 0 Å². The Morgan fingerprint density at radius 2 is 2.07 bits per heavy atom. The van der Waals surface area contributed by atoms with Crippen LogP contribution in [-0.2, 0) is 9.05 Å². The van der Waals surface area contributed by atoms with Crippen LogP contribution >= 0.6 is 10.7 Å². The fourth-order valence-corrected chi connectivity index (χ4v) is 2.34. The van der Waals surface area contributed by atoms with Gasteiger partial charge in [-0.05, 0) is 18.6 Å². The van der Waals surface area contributed by atoms with Crippen molar-refractivity contribution in [2.45, 2.75) is 11.8 Å². The number of hydrogen-bond donors (Lipinski definition) is 0. The third-order valence-electron chi connectivity index (χ3n) is 2.02. The van der Waals surface area contributed by atoms with Crippen LogP contribution in [-0.4, -0.2) is 8.42 Å². The van der Waals surface area contributed by atoms with Gasteiger partial charge < -0.3 is 4.42 Å². The number of rotatable bonds is 1. The molecule has 0 radical (unpaired) electrons. The first-order valence-corrected chi connectivity index (χ1v) is 6.22. The van der Waals surface area contributed by atoms with E-state index in [0.717, 1.165) is 10.9 Å². The quantitative estimate of drug-likeness (QED) is 0.708. The Morgan fingerprint density at radius 3 is 2.71 bits per heavy atom. The minimum absolute atomic E-state index is 0.0183. The van der Waals surface area contributed by atoms with Gasteiger partial charge in [0, 0.05) is 16.1 Å². The summed E-state index contributed by atoms with van der Waals surface area (Å²) in [6.45, 7) is 1.84. The van der Waals surface area contributed by atoms with Crippen LogP contribution in [0.15, 0.2) is 33.8 Å². The monoisotopic (exact) mass is 230 g/mol. The Morgan fingerprint density at radius 1 is 1.36 bits per heavy atom. The number of halogens is 1. The summed E-state index contributed by atoms with van der Waals surface area (Å²) in [5.41, 5.74) is 1.21. The molecule has 0 saturated carbocycles. The number of aryl methyl sites for hydroxylation is 1. The average molecular weight is 231 g/mol. The Kier molecular flexibility index (Phi) is 2.05. The van der Waals surface area contributed by atoms with Crippen LogP contribution in [0.5, 0.6) is 0 Å². The molecule has 0 spiro atoms. The van der Waals surface area contributed by atoms with E-state index in [1.807, 2.05) is 6.92 Å². The number of benzene rings is 1. The maximum atomic E-state index is 11.2. The van der Waals surface area contributed by atoms with E-state index < -0.39 is 9.05 Å². The van der Waals surface area contributed by atoms with Crippen molar-refractivity contribution in [1.29, 1.82) is 0 Å². The van der Waals surface area contributed by atoms with Gasteiger partial charge >= 0.3 is 0 Å². The fraction of sp³-hybridized carbons (Fsp3) is 0.111. The molecule has 3 nitrogen and oxygen atoms in total. The van der Waals surface area contributed by atoms with E-state index in [2.05, 4.69) is 0 Å². The Labute approximate surface area is 85.7 Å². The standard InChI is InChI=1S/C9H7ClO3S/c1-6-5-13-9-7(6)3-2-4-8(9)14(10,11)12/h2-5H,1H3. The van der Waals surface area contributed by atoms with Crippen molar-refractivity contribution in [3.63, 3.8) is 0 Å². The van der Waals surface area contributed by atoms with E-state index in [9.17, 15) is 8.42 Å². The van der Waals surface area contributed by atoms with Gasteiger partial charge in [0.15, 0.2) is 5.58 Å². The normalized spacial score (nSPS) is 12.1. The largest absolute Gasteiger partial charge is 0.463 e. The van der Waals surface area contributed by atoms with Gasteiger partial charge in [-0.25, -0.2) is 8.42 Å². The smallest absolute Gasteiger partial charge is 0.265 e. The Hall–Kier alpha value is -1.00. The highest BCUT2D eigenvalue weighted by atomic mass is 35.7. The first-order valence-electron chi connectivity index (χ1n) is 3.91. The molecule has 1 aromatic heterocycles. The molecule has 0 aliphatic carbocycles. The molecule has 0 aliphatic heterocycles. The molecule has 1 aromatic carbocycles. The Bertz CT molecular complexity index is 583. The molecule has 0 bridgehead atoms. The average Bonchev–Trinajstić information content (AvgIpc) is 2.46. The maximum Gasteiger partial charge on any atom is 0.265 e. The highest BCUT2D eigenvalue weighted by Gasteiger charge is 2.17. The van der Waals surface area contributed by atoms with Gasteiger partial charge in [-0.15, -0.1) is 0 Å². The maximum absolute atomic E-state index is 11.2. The summed E-state index contributed by atoms with van der Waals surface area (Å²) < 4.78 is 27.5. The molecule has 0 unspecified atom stereocenters. The van der Waals surface area contributed by atoms with Gasteiger partial charge in [0.25, 0.3) is 9.05 Å². The highest BCUT2D eigenvalue weighted by Crippen LogP contribution is 2.28. The second kappa shape index (κ2) is 3.00. The second-order valence-electron chi connectivity index (χ2n) is 2.99. The van der Waals surface area contributed by atoms with E-state index in [0.29, 0.717) is 5.58 Å². The number of hydrogen-bond acceptors (Lipinski definition) is 3. The lowest BCUT2D eigenvalue weighted by atomic mass is 10.2. The molecule has 14 heavy (non-hydrogen) atoms. The molecule has 0 atom stereocenters. The van der Waals surface area contributed by atoms with Crippen molar-refractivity contribution in [3.05, 3.63) is 30.0 Å². The van der Waals surface area contributed by atoms with Crippen LogP contribution in [0, 0.1) is 6.92 Å². The molecule has 0 amide bonds. The summed E-state index contributed by atoms with van der Waals surface area (Å²) >= 11 is 0. The zero-order chi connectivity index (χ0) is 10.3. The second-order valence-corrected chi connectivity index (χ2v) is 5.52. The zero-order valence-electron chi connectivity index (χ0n) is 7.32. The van der Waals surface area contributed by atoms with Gasteiger partial charge in [-0.1, -0.05) is 12.1 Å². The first-order chi connectivity index (χ1) is 6.50. The van der Waals surface area contributed by atoms with E-state index in [1.165, 1.54) is 12.3 Å². The SMILES string of the molecule is Cc1coc2c(S(=O)(=O)Cl)cccc12. The van der Waals surface area contributed by atoms with Gasteiger partial charge in [0.2, 0.25) is 0 Å². The topological polar surface area (TPSA) is 47.3 Å². The molecule has 74 valence electrons. The van der Waals surface area contributed by atoms with E-state index >= 15 is 0 Å². The fourth-order valence-electron chi connectivity index (χ4n) is 1.35. The first kappa shape index (κ1) is 9.55. The van der Waals surface area contributed by atoms with Crippen molar-refractivity contribution in [3.8, 4) is 0 Å². The van der Waals surface area contributed by atoms with Gasteiger partial charge in [0.05, 0.1) is 6.26 Å². The third kappa shape index (κ3) is 1.40. The lowest BCUT2D eigenvalue weighted by Crippen LogP contribution is -1.90. The van der Waals surface area contributed by atoms with Gasteiger partial charge in [0.1, 0.15) is 4.90 Å².